The van der Waals surface area contributed by atoms with Crippen LogP contribution in [0.15, 0.2) is 18.2 Å². The Bertz CT molecular complexity index is 471. The molecular weight excluding hydrogens is 246 g/mol. The van der Waals surface area contributed by atoms with Crippen molar-refractivity contribution >= 4 is 11.9 Å². The maximum Gasteiger partial charge on any atom is 0.333 e. The second kappa shape index (κ2) is 6.78. The van der Waals surface area contributed by atoms with Crippen LogP contribution in [0.2, 0.25) is 0 Å². The maximum absolute atomic E-state index is 11.8. The number of amides is 1. The zero-order chi connectivity index (χ0) is 14.4. The Morgan fingerprint density at radius 3 is 2.47 bits per heavy atom. The molecule has 5 heteroatoms. The van der Waals surface area contributed by atoms with Crippen molar-refractivity contribution in [2.45, 2.75) is 26.3 Å². The first-order valence-electron chi connectivity index (χ1n) is 6.05. The fraction of sp³-hybridized carbons (Fsp3) is 0.429. The van der Waals surface area contributed by atoms with Gasteiger partial charge in [0.05, 0.1) is 14.2 Å². The molecule has 0 bridgehead atoms. The fourth-order valence-electron chi connectivity index (χ4n) is 1.81. The van der Waals surface area contributed by atoms with Gasteiger partial charge in [0.2, 0.25) is 5.91 Å². The van der Waals surface area contributed by atoms with Crippen molar-refractivity contribution in [3.05, 3.63) is 29.3 Å². The van der Waals surface area contributed by atoms with Crippen molar-refractivity contribution in [2.24, 2.45) is 0 Å². The molecule has 0 aliphatic carbocycles. The quantitative estimate of drug-likeness (QED) is 0.821. The summed E-state index contributed by atoms with van der Waals surface area (Å²) in [5, 5.41) is 2.58. The second-order valence-electron chi connectivity index (χ2n) is 4.09. The lowest BCUT2D eigenvalue weighted by Crippen LogP contribution is -2.33. The van der Waals surface area contributed by atoms with Crippen LogP contribution in [0.3, 0.4) is 0 Å². The number of hydrogen-bond donors (Lipinski definition) is 1. The summed E-state index contributed by atoms with van der Waals surface area (Å²) in [5.74, 6) is -0.289. The van der Waals surface area contributed by atoms with E-state index in [4.69, 9.17) is 9.47 Å². The van der Waals surface area contributed by atoms with E-state index in [0.29, 0.717) is 11.3 Å². The van der Waals surface area contributed by atoms with Gasteiger partial charge in [-0.05, 0) is 24.1 Å². The van der Waals surface area contributed by atoms with Gasteiger partial charge in [0.15, 0.2) is 6.04 Å². The summed E-state index contributed by atoms with van der Waals surface area (Å²) in [6.07, 6.45) is 0.824. The number of methoxy groups -OCH3 is 2. The monoisotopic (exact) mass is 265 g/mol. The topological polar surface area (TPSA) is 64.6 Å². The van der Waals surface area contributed by atoms with Crippen molar-refractivity contribution in [1.82, 2.24) is 5.32 Å². The molecule has 5 nitrogen and oxygen atoms in total. The molecule has 1 unspecified atom stereocenters. The largest absolute Gasteiger partial charge is 0.496 e. The van der Waals surface area contributed by atoms with E-state index in [9.17, 15) is 9.59 Å². The number of esters is 1. The molecule has 19 heavy (non-hydrogen) atoms. The first kappa shape index (κ1) is 15.0. The third kappa shape index (κ3) is 3.71. The van der Waals surface area contributed by atoms with Crippen LogP contribution < -0.4 is 10.1 Å². The highest BCUT2D eigenvalue weighted by atomic mass is 16.5. The molecule has 1 aromatic carbocycles. The summed E-state index contributed by atoms with van der Waals surface area (Å²) >= 11 is 0. The predicted molar refractivity (Wildman–Crippen MR) is 70.9 cm³/mol. The minimum atomic E-state index is -0.857. The van der Waals surface area contributed by atoms with Gasteiger partial charge in [-0.25, -0.2) is 4.79 Å². The van der Waals surface area contributed by atoms with Crippen LogP contribution >= 0.6 is 0 Å². The van der Waals surface area contributed by atoms with Crippen LogP contribution in [-0.4, -0.2) is 26.1 Å². The van der Waals surface area contributed by atoms with E-state index in [1.807, 2.05) is 19.1 Å². The van der Waals surface area contributed by atoms with Gasteiger partial charge in [-0.3, -0.25) is 4.79 Å². The second-order valence-corrected chi connectivity index (χ2v) is 4.09. The number of benzene rings is 1. The smallest absolute Gasteiger partial charge is 0.333 e. The van der Waals surface area contributed by atoms with Crippen molar-refractivity contribution in [3.8, 4) is 5.75 Å². The van der Waals surface area contributed by atoms with Gasteiger partial charge in [-0.15, -0.1) is 0 Å². The van der Waals surface area contributed by atoms with Gasteiger partial charge < -0.3 is 14.8 Å². The Morgan fingerprint density at radius 2 is 2.00 bits per heavy atom. The lowest BCUT2D eigenvalue weighted by molar-refractivity contribution is -0.145. The summed E-state index contributed by atoms with van der Waals surface area (Å²) in [6, 6.07) is 4.69. The molecule has 1 rings (SSSR count). The molecule has 1 N–H and O–H groups in total. The molecule has 0 aliphatic heterocycles. The lowest BCUT2D eigenvalue weighted by Gasteiger charge is -2.19. The number of carbonyl (C=O) groups excluding carboxylic acids is 2. The van der Waals surface area contributed by atoms with Gasteiger partial charge in [-0.2, -0.15) is 0 Å². The van der Waals surface area contributed by atoms with Gasteiger partial charge in [0.25, 0.3) is 0 Å². The maximum atomic E-state index is 11.8. The van der Waals surface area contributed by atoms with E-state index in [1.165, 1.54) is 21.1 Å². The number of ether oxygens (including phenoxy) is 2. The van der Waals surface area contributed by atoms with Gasteiger partial charge >= 0.3 is 5.97 Å². The molecule has 0 aliphatic rings. The minimum Gasteiger partial charge on any atom is -0.496 e. The van der Waals surface area contributed by atoms with Crippen molar-refractivity contribution < 1.29 is 19.1 Å². The van der Waals surface area contributed by atoms with Crippen molar-refractivity contribution in [1.29, 1.82) is 0 Å². The van der Waals surface area contributed by atoms with Crippen LogP contribution in [0.5, 0.6) is 5.75 Å². The average molecular weight is 265 g/mol. The minimum absolute atomic E-state index is 0.306. The van der Waals surface area contributed by atoms with Crippen LogP contribution in [0, 0.1) is 0 Å². The Hall–Kier alpha value is -2.04. The molecule has 104 valence electrons. The van der Waals surface area contributed by atoms with Crippen LogP contribution in [0.4, 0.5) is 0 Å². The summed E-state index contributed by atoms with van der Waals surface area (Å²) in [5.41, 5.74) is 1.65. The van der Waals surface area contributed by atoms with E-state index in [1.54, 1.807) is 6.07 Å². The standard InChI is InChI=1S/C14H19NO4/c1-5-10-6-7-12(18-3)11(8-10)13(14(17)19-4)15-9(2)16/h6-8,13H,5H2,1-4H3,(H,15,16). The number of hydrogen-bond acceptors (Lipinski definition) is 4. The van der Waals surface area contributed by atoms with Gasteiger partial charge in [0, 0.05) is 12.5 Å². The highest BCUT2D eigenvalue weighted by molar-refractivity contribution is 5.85. The Labute approximate surface area is 112 Å². The van der Waals surface area contributed by atoms with Crippen LogP contribution in [-0.2, 0) is 20.7 Å². The SMILES string of the molecule is CCc1ccc(OC)c(C(NC(C)=O)C(=O)OC)c1. The number of rotatable bonds is 5. The average Bonchev–Trinajstić information content (AvgIpc) is 2.43. The first-order chi connectivity index (χ1) is 9.03. The van der Waals surface area contributed by atoms with Crippen molar-refractivity contribution in [2.75, 3.05) is 14.2 Å². The zero-order valence-electron chi connectivity index (χ0n) is 11.6. The van der Waals surface area contributed by atoms with Crippen LogP contribution in [0.1, 0.15) is 31.0 Å². The summed E-state index contributed by atoms with van der Waals surface area (Å²) in [7, 11) is 2.81. The molecule has 0 saturated carbocycles. The number of carbonyl (C=O) groups is 2. The fourth-order valence-corrected chi connectivity index (χ4v) is 1.81. The number of aryl methyl sites for hydroxylation is 1. The molecule has 1 aromatic rings. The molecule has 1 amide bonds. The van der Waals surface area contributed by atoms with Gasteiger partial charge in [-0.1, -0.05) is 13.0 Å². The van der Waals surface area contributed by atoms with E-state index in [0.717, 1.165) is 12.0 Å². The molecule has 0 heterocycles. The van der Waals surface area contributed by atoms with E-state index in [2.05, 4.69) is 5.32 Å². The summed E-state index contributed by atoms with van der Waals surface area (Å²) in [6.45, 7) is 3.36. The normalized spacial score (nSPS) is 11.6. The van der Waals surface area contributed by atoms with E-state index < -0.39 is 12.0 Å². The van der Waals surface area contributed by atoms with E-state index in [-0.39, 0.29) is 5.91 Å². The van der Waals surface area contributed by atoms with Crippen LogP contribution in [0.25, 0.3) is 0 Å². The third-order valence-electron chi connectivity index (χ3n) is 2.80. The molecule has 0 fully saturated rings. The highest BCUT2D eigenvalue weighted by Crippen LogP contribution is 2.27. The number of nitrogens with one attached hydrogen (secondary N) is 1. The lowest BCUT2D eigenvalue weighted by atomic mass is 10.0. The molecular formula is C14H19NO4. The first-order valence-corrected chi connectivity index (χ1v) is 6.05. The van der Waals surface area contributed by atoms with E-state index >= 15 is 0 Å². The van der Waals surface area contributed by atoms with Gasteiger partial charge in [0.1, 0.15) is 5.75 Å². The summed E-state index contributed by atoms with van der Waals surface area (Å²) < 4.78 is 9.97. The Kier molecular flexibility index (Phi) is 5.36. The zero-order valence-corrected chi connectivity index (χ0v) is 11.6. The molecule has 0 saturated heterocycles. The highest BCUT2D eigenvalue weighted by Gasteiger charge is 2.25. The Balaban J connectivity index is 3.25. The molecule has 0 spiro atoms. The Morgan fingerprint density at radius 1 is 1.32 bits per heavy atom. The third-order valence-corrected chi connectivity index (χ3v) is 2.80. The molecule has 0 radical (unpaired) electrons. The molecule has 0 aromatic heterocycles. The molecule has 1 atom stereocenters. The summed E-state index contributed by atoms with van der Waals surface area (Å²) in [4.78, 5) is 23.1. The predicted octanol–water partition coefficient (Wildman–Crippen LogP) is 1.61. The van der Waals surface area contributed by atoms with Crippen molar-refractivity contribution in [3.63, 3.8) is 0 Å².